The largest absolute Gasteiger partial charge is 0.433 e. The molecule has 2 aromatic rings. The normalized spacial score (nSPS) is 22.4. The first kappa shape index (κ1) is 16.6. The number of halogens is 3. The summed E-state index contributed by atoms with van der Waals surface area (Å²) in [4.78, 5) is 15.7. The maximum absolute atomic E-state index is 12.8. The Bertz CT molecular complexity index is 831. The third-order valence-electron chi connectivity index (χ3n) is 4.95. The Morgan fingerprint density at radius 3 is 2.15 bits per heavy atom. The fraction of sp³-hybridized carbons (Fsp3) is 0.412. The van der Waals surface area contributed by atoms with E-state index in [4.69, 9.17) is 5.26 Å². The van der Waals surface area contributed by atoms with Crippen LogP contribution in [0, 0.1) is 23.2 Å². The lowest BCUT2D eigenvalue weighted by Crippen LogP contribution is -2.29. The first-order valence-corrected chi connectivity index (χ1v) is 8.19. The Morgan fingerprint density at radius 2 is 1.62 bits per heavy atom. The van der Waals surface area contributed by atoms with Gasteiger partial charge in [-0.25, -0.2) is 15.0 Å². The Morgan fingerprint density at radius 1 is 0.962 bits per heavy atom. The molecule has 0 saturated carbocycles. The van der Waals surface area contributed by atoms with Gasteiger partial charge in [-0.2, -0.15) is 18.4 Å². The van der Waals surface area contributed by atoms with Crippen molar-refractivity contribution < 1.29 is 13.2 Å². The SMILES string of the molecule is N#Cc1ccc(N2CC3CN(c4cc(C(F)(F)F)ncn4)CC3C2)nc1. The van der Waals surface area contributed by atoms with Gasteiger partial charge >= 0.3 is 6.18 Å². The van der Waals surface area contributed by atoms with Crippen molar-refractivity contribution in [3.63, 3.8) is 0 Å². The maximum atomic E-state index is 12.8. The predicted molar refractivity (Wildman–Crippen MR) is 87.4 cm³/mol. The molecule has 2 aromatic heterocycles. The van der Waals surface area contributed by atoms with Gasteiger partial charge in [-0.15, -0.1) is 0 Å². The minimum atomic E-state index is -4.47. The molecule has 4 heterocycles. The van der Waals surface area contributed by atoms with Crippen LogP contribution in [0.25, 0.3) is 0 Å². The summed E-state index contributed by atoms with van der Waals surface area (Å²) < 4.78 is 38.5. The number of alkyl halides is 3. The summed E-state index contributed by atoms with van der Waals surface area (Å²) in [5.41, 5.74) is -0.397. The zero-order valence-electron chi connectivity index (χ0n) is 13.7. The summed E-state index contributed by atoms with van der Waals surface area (Å²) in [6, 6.07) is 6.63. The molecule has 0 N–H and O–H groups in total. The molecular weight excluding hydrogens is 345 g/mol. The Hall–Kier alpha value is -2.89. The summed E-state index contributed by atoms with van der Waals surface area (Å²) in [5, 5.41) is 8.84. The lowest BCUT2D eigenvalue weighted by atomic mass is 10.0. The average molecular weight is 360 g/mol. The van der Waals surface area contributed by atoms with Crippen molar-refractivity contribution in [2.24, 2.45) is 11.8 Å². The van der Waals surface area contributed by atoms with E-state index in [-0.39, 0.29) is 0 Å². The van der Waals surface area contributed by atoms with Crippen molar-refractivity contribution >= 4 is 11.6 Å². The summed E-state index contributed by atoms with van der Waals surface area (Å²) in [6.07, 6.45) is -1.94. The van der Waals surface area contributed by atoms with Gasteiger partial charge in [0.25, 0.3) is 0 Å². The fourth-order valence-electron chi connectivity index (χ4n) is 3.68. The van der Waals surface area contributed by atoms with Crippen LogP contribution in [-0.2, 0) is 6.18 Å². The first-order valence-electron chi connectivity index (χ1n) is 8.19. The lowest BCUT2D eigenvalue weighted by Gasteiger charge is -2.23. The van der Waals surface area contributed by atoms with Crippen molar-refractivity contribution in [1.29, 1.82) is 5.26 Å². The second kappa shape index (κ2) is 6.12. The molecule has 0 aliphatic carbocycles. The molecular formula is C17H15F3N6. The first-order chi connectivity index (χ1) is 12.4. The molecule has 2 fully saturated rings. The van der Waals surface area contributed by atoms with E-state index < -0.39 is 11.9 Å². The van der Waals surface area contributed by atoms with E-state index in [1.165, 1.54) is 0 Å². The van der Waals surface area contributed by atoms with Crippen molar-refractivity contribution in [1.82, 2.24) is 15.0 Å². The zero-order valence-corrected chi connectivity index (χ0v) is 13.7. The van der Waals surface area contributed by atoms with Gasteiger partial charge in [-0.3, -0.25) is 0 Å². The summed E-state index contributed by atoms with van der Waals surface area (Å²) in [7, 11) is 0. The van der Waals surface area contributed by atoms with Gasteiger partial charge in [-0.1, -0.05) is 0 Å². The number of rotatable bonds is 2. The third-order valence-corrected chi connectivity index (χ3v) is 4.95. The molecule has 0 radical (unpaired) electrons. The molecule has 9 heteroatoms. The zero-order chi connectivity index (χ0) is 18.3. The number of nitriles is 1. The number of hydrogen-bond donors (Lipinski definition) is 0. The van der Waals surface area contributed by atoms with E-state index in [1.54, 1.807) is 12.3 Å². The van der Waals surface area contributed by atoms with Crippen LogP contribution in [0.3, 0.4) is 0 Å². The Kier molecular flexibility index (Phi) is 3.90. The van der Waals surface area contributed by atoms with Gasteiger partial charge < -0.3 is 9.80 Å². The topological polar surface area (TPSA) is 68.9 Å². The minimum absolute atomic E-state index is 0.324. The van der Waals surface area contributed by atoms with Gasteiger partial charge in [0.1, 0.15) is 29.7 Å². The highest BCUT2D eigenvalue weighted by Gasteiger charge is 2.41. The van der Waals surface area contributed by atoms with E-state index >= 15 is 0 Å². The third kappa shape index (κ3) is 3.03. The van der Waals surface area contributed by atoms with Gasteiger partial charge in [0.05, 0.1) is 5.56 Å². The van der Waals surface area contributed by atoms with Crippen LogP contribution in [0.4, 0.5) is 24.8 Å². The average Bonchev–Trinajstić information content (AvgIpc) is 3.20. The molecule has 0 amide bonds. The highest BCUT2D eigenvalue weighted by molar-refractivity contribution is 5.46. The van der Waals surface area contributed by atoms with Gasteiger partial charge in [0.15, 0.2) is 0 Å². The second-order valence-electron chi connectivity index (χ2n) is 6.61. The number of pyridine rings is 1. The number of anilines is 2. The minimum Gasteiger partial charge on any atom is -0.356 e. The van der Waals surface area contributed by atoms with E-state index in [2.05, 4.69) is 19.9 Å². The van der Waals surface area contributed by atoms with Crippen LogP contribution in [0.15, 0.2) is 30.7 Å². The Labute approximate surface area is 147 Å². The molecule has 0 spiro atoms. The van der Waals surface area contributed by atoms with E-state index in [1.807, 2.05) is 17.0 Å². The standard InChI is InChI=1S/C17H15F3N6/c18-17(19,20)14-3-16(24-10-23-14)26-8-12-6-25(7-13(12)9-26)15-2-1-11(4-21)5-22-15/h1-3,5,10,12-13H,6-9H2. The van der Waals surface area contributed by atoms with E-state index in [0.29, 0.717) is 36.3 Å². The molecule has 26 heavy (non-hydrogen) atoms. The molecule has 2 aliphatic rings. The smallest absolute Gasteiger partial charge is 0.356 e. The van der Waals surface area contributed by atoms with Gasteiger partial charge in [0, 0.05) is 50.3 Å². The number of nitrogens with zero attached hydrogens (tertiary/aromatic N) is 6. The van der Waals surface area contributed by atoms with Crippen molar-refractivity contribution in [3.05, 3.63) is 42.0 Å². The molecule has 2 unspecified atom stereocenters. The number of fused-ring (bicyclic) bond motifs is 1. The molecule has 2 aliphatic heterocycles. The van der Waals surface area contributed by atoms with Crippen LogP contribution in [0.1, 0.15) is 11.3 Å². The summed E-state index contributed by atoms with van der Waals surface area (Å²) >= 11 is 0. The van der Waals surface area contributed by atoms with Crippen LogP contribution < -0.4 is 9.80 Å². The summed E-state index contributed by atoms with van der Waals surface area (Å²) in [6.45, 7) is 2.89. The fourth-order valence-corrected chi connectivity index (χ4v) is 3.68. The second-order valence-corrected chi connectivity index (χ2v) is 6.61. The predicted octanol–water partition coefficient (Wildman–Crippen LogP) is 2.33. The Balaban J connectivity index is 1.44. The monoisotopic (exact) mass is 360 g/mol. The summed E-state index contributed by atoms with van der Waals surface area (Å²) in [5.74, 6) is 1.84. The molecule has 0 bridgehead atoms. The number of hydrogen-bond acceptors (Lipinski definition) is 6. The maximum Gasteiger partial charge on any atom is 0.433 e. The van der Waals surface area contributed by atoms with Crippen LogP contribution >= 0.6 is 0 Å². The molecule has 6 nitrogen and oxygen atoms in total. The van der Waals surface area contributed by atoms with Crippen LogP contribution in [0.5, 0.6) is 0 Å². The molecule has 0 aromatic carbocycles. The molecule has 2 atom stereocenters. The van der Waals surface area contributed by atoms with Crippen LogP contribution in [-0.4, -0.2) is 41.1 Å². The van der Waals surface area contributed by atoms with Crippen molar-refractivity contribution in [2.75, 3.05) is 36.0 Å². The molecule has 134 valence electrons. The quantitative estimate of drug-likeness (QED) is 0.819. The highest BCUT2D eigenvalue weighted by Crippen LogP contribution is 2.36. The van der Waals surface area contributed by atoms with E-state index in [0.717, 1.165) is 31.3 Å². The highest BCUT2D eigenvalue weighted by atomic mass is 19.4. The molecule has 2 saturated heterocycles. The van der Waals surface area contributed by atoms with E-state index in [9.17, 15) is 13.2 Å². The lowest BCUT2D eigenvalue weighted by molar-refractivity contribution is -0.141. The van der Waals surface area contributed by atoms with Crippen molar-refractivity contribution in [3.8, 4) is 6.07 Å². The van der Waals surface area contributed by atoms with Gasteiger partial charge in [0.2, 0.25) is 0 Å². The number of aromatic nitrogens is 3. The van der Waals surface area contributed by atoms with Crippen molar-refractivity contribution in [2.45, 2.75) is 6.18 Å². The van der Waals surface area contributed by atoms with Crippen LogP contribution in [0.2, 0.25) is 0 Å². The van der Waals surface area contributed by atoms with Gasteiger partial charge in [-0.05, 0) is 12.1 Å². The molecule has 4 rings (SSSR count).